The molecule has 1 amide bonds. The van der Waals surface area contributed by atoms with Crippen molar-refractivity contribution in [2.24, 2.45) is 11.7 Å². The van der Waals surface area contributed by atoms with Crippen LogP contribution < -0.4 is 16.5 Å². The molecule has 7 nitrogen and oxygen atoms in total. The smallest absolute Gasteiger partial charge is 0.394 e. The first-order chi connectivity index (χ1) is 13.1. The second-order valence-electron chi connectivity index (χ2n) is 6.35. The van der Waals surface area contributed by atoms with Crippen molar-refractivity contribution in [1.82, 2.24) is 15.8 Å². The lowest BCUT2D eigenvalue weighted by Crippen LogP contribution is -2.43. The fraction of sp³-hybridized carbons (Fsp3) is 0.529. The molecular weight excluding hydrogens is 384 g/mol. The Labute approximate surface area is 159 Å². The van der Waals surface area contributed by atoms with Gasteiger partial charge in [0.05, 0.1) is 19.1 Å². The predicted molar refractivity (Wildman–Crippen MR) is 91.4 cm³/mol. The van der Waals surface area contributed by atoms with Crippen LogP contribution in [0.15, 0.2) is 18.2 Å². The average molecular weight is 406 g/mol. The van der Waals surface area contributed by atoms with Crippen molar-refractivity contribution in [2.45, 2.75) is 25.2 Å². The molecule has 0 aromatic heterocycles. The number of rotatable bonds is 6. The van der Waals surface area contributed by atoms with Crippen molar-refractivity contribution in [3.63, 3.8) is 0 Å². The number of nitrogens with two attached hydrogens (primary N) is 1. The molecule has 1 aliphatic rings. The molecule has 1 saturated heterocycles. The number of hydrazine groups is 1. The van der Waals surface area contributed by atoms with Crippen molar-refractivity contribution in [2.75, 3.05) is 26.7 Å². The van der Waals surface area contributed by atoms with Gasteiger partial charge in [-0.05, 0) is 23.8 Å². The fourth-order valence-corrected chi connectivity index (χ4v) is 3.11. The van der Waals surface area contributed by atoms with E-state index in [0.717, 1.165) is 19.2 Å². The number of hydrogen-bond donors (Lipinski definition) is 3. The van der Waals surface area contributed by atoms with Crippen LogP contribution in [0.3, 0.4) is 0 Å². The van der Waals surface area contributed by atoms with Gasteiger partial charge < -0.3 is 15.8 Å². The molecule has 156 valence electrons. The van der Waals surface area contributed by atoms with Gasteiger partial charge in [-0.1, -0.05) is 6.92 Å². The number of methoxy groups -OCH3 is 1. The van der Waals surface area contributed by atoms with E-state index in [1.807, 2.05) is 0 Å². The van der Waals surface area contributed by atoms with Gasteiger partial charge >= 0.3 is 12.1 Å². The van der Waals surface area contributed by atoms with Crippen molar-refractivity contribution in [1.29, 1.82) is 0 Å². The number of halogens is 4. The molecule has 28 heavy (non-hydrogen) atoms. The van der Waals surface area contributed by atoms with Gasteiger partial charge in [-0.15, -0.1) is 0 Å². The Morgan fingerprint density at radius 2 is 2.07 bits per heavy atom. The summed E-state index contributed by atoms with van der Waals surface area (Å²) in [5.74, 6) is -4.11. The highest BCUT2D eigenvalue weighted by Crippen LogP contribution is 2.42. The number of nitrogens with zero attached hydrogens (tertiary/aromatic N) is 1. The number of benzene rings is 1. The second kappa shape index (κ2) is 8.84. The standard InChI is InChI=1S/C17H22F4N4O3/c1-3-25-14(12(7-24-25)17(19,20)21)9-4-10(6-11(18)5-9)15(26)23-8-13(22)16(27)28-2/h4-6,12-14,24H,3,7-8,22H2,1-2H3,(H,23,26)/t12?,13-,14?/m1/s1. The first kappa shape index (κ1) is 22.1. The van der Waals surface area contributed by atoms with Gasteiger partial charge in [0.15, 0.2) is 0 Å². The van der Waals surface area contributed by atoms with E-state index in [1.165, 1.54) is 11.1 Å². The highest BCUT2D eigenvalue weighted by Gasteiger charge is 2.50. The molecule has 1 fully saturated rings. The van der Waals surface area contributed by atoms with Gasteiger partial charge in [-0.25, -0.2) is 9.40 Å². The maximum Gasteiger partial charge on any atom is 0.394 e. The Balaban J connectivity index is 2.26. The summed E-state index contributed by atoms with van der Waals surface area (Å²) < 4.78 is 58.7. The third-order valence-corrected chi connectivity index (χ3v) is 4.50. The number of nitrogens with one attached hydrogen (secondary N) is 2. The largest absolute Gasteiger partial charge is 0.468 e. The molecule has 2 rings (SSSR count). The van der Waals surface area contributed by atoms with Gasteiger partial charge in [0.25, 0.3) is 5.91 Å². The van der Waals surface area contributed by atoms with Crippen LogP contribution in [0.25, 0.3) is 0 Å². The number of ether oxygens (including phenoxy) is 1. The van der Waals surface area contributed by atoms with Gasteiger partial charge in [0, 0.05) is 25.2 Å². The summed E-state index contributed by atoms with van der Waals surface area (Å²) in [6, 6.07) is 0.803. The first-order valence-electron chi connectivity index (χ1n) is 8.57. The highest BCUT2D eigenvalue weighted by molar-refractivity contribution is 5.94. The second-order valence-corrected chi connectivity index (χ2v) is 6.35. The summed E-state index contributed by atoms with van der Waals surface area (Å²) in [6.45, 7) is 1.31. The van der Waals surface area contributed by atoms with Crippen molar-refractivity contribution in [3.8, 4) is 0 Å². The van der Waals surface area contributed by atoms with Gasteiger partial charge in [0.1, 0.15) is 11.9 Å². The van der Waals surface area contributed by atoms with E-state index >= 15 is 0 Å². The molecular formula is C17H22F4N4O3. The minimum Gasteiger partial charge on any atom is -0.468 e. The van der Waals surface area contributed by atoms with Crippen LogP contribution in [0.2, 0.25) is 0 Å². The minimum absolute atomic E-state index is 0.0246. The lowest BCUT2D eigenvalue weighted by atomic mass is 9.92. The lowest BCUT2D eigenvalue weighted by molar-refractivity contribution is -0.177. The van der Waals surface area contributed by atoms with Gasteiger partial charge in [-0.3, -0.25) is 15.0 Å². The SMILES string of the molecule is CCN1NCC(C(F)(F)F)C1c1cc(F)cc(C(=O)NC[C@@H](N)C(=O)OC)c1. The third kappa shape index (κ3) is 4.97. The topological polar surface area (TPSA) is 96.7 Å². The molecule has 1 aromatic rings. The molecule has 0 spiro atoms. The monoisotopic (exact) mass is 406 g/mol. The highest BCUT2D eigenvalue weighted by atomic mass is 19.4. The Morgan fingerprint density at radius 3 is 2.64 bits per heavy atom. The Hall–Kier alpha value is -2.24. The zero-order valence-corrected chi connectivity index (χ0v) is 15.3. The zero-order valence-electron chi connectivity index (χ0n) is 15.3. The molecule has 2 unspecified atom stereocenters. The fourth-order valence-electron chi connectivity index (χ4n) is 3.11. The number of carbonyl (C=O) groups excluding carboxylic acids is 2. The molecule has 0 bridgehead atoms. The number of hydrogen-bond acceptors (Lipinski definition) is 6. The van der Waals surface area contributed by atoms with E-state index in [9.17, 15) is 27.2 Å². The van der Waals surface area contributed by atoms with E-state index in [-0.39, 0.29) is 30.8 Å². The number of carbonyl (C=O) groups is 2. The predicted octanol–water partition coefficient (Wildman–Crippen LogP) is 1.12. The van der Waals surface area contributed by atoms with E-state index in [1.54, 1.807) is 6.92 Å². The molecule has 3 atom stereocenters. The van der Waals surface area contributed by atoms with Gasteiger partial charge in [0.2, 0.25) is 0 Å². The third-order valence-electron chi connectivity index (χ3n) is 4.50. The van der Waals surface area contributed by atoms with Crippen LogP contribution >= 0.6 is 0 Å². The Morgan fingerprint density at radius 1 is 1.39 bits per heavy atom. The molecule has 4 N–H and O–H groups in total. The summed E-state index contributed by atoms with van der Waals surface area (Å²) in [5.41, 5.74) is 8.03. The van der Waals surface area contributed by atoms with Gasteiger partial charge in [-0.2, -0.15) is 13.2 Å². The molecule has 0 radical (unpaired) electrons. The Bertz CT molecular complexity index is 729. The van der Waals surface area contributed by atoms with Crippen LogP contribution in [-0.2, 0) is 9.53 Å². The molecule has 1 aromatic carbocycles. The van der Waals surface area contributed by atoms with Crippen LogP contribution in [-0.4, -0.2) is 55.8 Å². The molecule has 0 aliphatic carbocycles. The first-order valence-corrected chi connectivity index (χ1v) is 8.57. The average Bonchev–Trinajstić information content (AvgIpc) is 3.09. The van der Waals surface area contributed by atoms with E-state index < -0.39 is 41.9 Å². The maximum atomic E-state index is 14.1. The van der Waals surface area contributed by atoms with E-state index in [0.29, 0.717) is 0 Å². The Kier molecular flexibility index (Phi) is 6.96. The van der Waals surface area contributed by atoms with Crippen LogP contribution in [0.1, 0.15) is 28.9 Å². The van der Waals surface area contributed by atoms with Crippen molar-refractivity contribution in [3.05, 3.63) is 35.1 Å². The number of amides is 1. The normalized spacial score (nSPS) is 21.4. The van der Waals surface area contributed by atoms with Crippen LogP contribution in [0, 0.1) is 11.7 Å². The van der Waals surface area contributed by atoms with Crippen LogP contribution in [0.4, 0.5) is 17.6 Å². The lowest BCUT2D eigenvalue weighted by Gasteiger charge is -2.28. The summed E-state index contributed by atoms with van der Waals surface area (Å²) in [6.07, 6.45) is -4.50. The minimum atomic E-state index is -4.50. The number of esters is 1. The summed E-state index contributed by atoms with van der Waals surface area (Å²) in [5, 5.41) is 3.71. The quantitative estimate of drug-likeness (QED) is 0.484. The molecule has 11 heteroatoms. The summed E-state index contributed by atoms with van der Waals surface area (Å²) in [4.78, 5) is 23.5. The molecule has 0 saturated carbocycles. The van der Waals surface area contributed by atoms with Crippen molar-refractivity contribution < 1.29 is 31.9 Å². The number of alkyl halides is 3. The summed E-state index contributed by atoms with van der Waals surface area (Å²) >= 11 is 0. The molecule has 1 heterocycles. The molecule has 1 aliphatic heterocycles. The van der Waals surface area contributed by atoms with E-state index in [4.69, 9.17) is 5.73 Å². The van der Waals surface area contributed by atoms with Crippen molar-refractivity contribution >= 4 is 11.9 Å². The zero-order chi connectivity index (χ0) is 21.1. The summed E-state index contributed by atoms with van der Waals surface area (Å²) in [7, 11) is 1.13. The van der Waals surface area contributed by atoms with Crippen LogP contribution in [0.5, 0.6) is 0 Å². The van der Waals surface area contributed by atoms with E-state index in [2.05, 4.69) is 15.5 Å². The maximum absolute atomic E-state index is 14.1.